The normalized spacial score (nSPS) is 11.4. The topological polar surface area (TPSA) is 16.4 Å². The standard InChI is InChI=1S/C56H37NO/c1-3-14-38(15-4-1)45-31-35-54(52(37-45)41-17-5-2-6-18-41)57(46-32-28-40(29-33-46)44-27-26-39-16-7-8-20-43(39)36-44)53-25-12-11-22-48(53)49-23-13-24-50-51-34-30-42-19-9-10-21-47(42)55(51)58-56(49)50/h1-37H. The average Bonchev–Trinajstić information content (AvgIpc) is 3.70. The van der Waals surface area contributed by atoms with Gasteiger partial charge in [-0.2, -0.15) is 0 Å². The number of furan rings is 1. The summed E-state index contributed by atoms with van der Waals surface area (Å²) in [6, 6.07) is 80.7. The second kappa shape index (κ2) is 14.1. The van der Waals surface area contributed by atoms with Crippen molar-refractivity contribution < 1.29 is 4.42 Å². The number of rotatable bonds is 7. The van der Waals surface area contributed by atoms with Gasteiger partial charge in [0, 0.05) is 38.5 Å². The van der Waals surface area contributed by atoms with Crippen LogP contribution in [0.15, 0.2) is 229 Å². The molecule has 0 radical (unpaired) electrons. The van der Waals surface area contributed by atoms with Crippen molar-refractivity contribution >= 4 is 60.5 Å². The lowest BCUT2D eigenvalue weighted by atomic mass is 9.94. The Morgan fingerprint density at radius 2 is 0.828 bits per heavy atom. The van der Waals surface area contributed by atoms with E-state index in [1.807, 2.05) is 0 Å². The van der Waals surface area contributed by atoms with Crippen molar-refractivity contribution in [2.24, 2.45) is 0 Å². The lowest BCUT2D eigenvalue weighted by Gasteiger charge is -2.30. The number of anilines is 3. The number of benzene rings is 10. The van der Waals surface area contributed by atoms with Gasteiger partial charge in [0.15, 0.2) is 0 Å². The van der Waals surface area contributed by atoms with E-state index in [9.17, 15) is 0 Å². The van der Waals surface area contributed by atoms with E-state index >= 15 is 0 Å². The molecule has 0 aliphatic rings. The summed E-state index contributed by atoms with van der Waals surface area (Å²) >= 11 is 0. The van der Waals surface area contributed by atoms with Crippen molar-refractivity contribution in [2.75, 3.05) is 4.90 Å². The molecule has 0 unspecified atom stereocenters. The summed E-state index contributed by atoms with van der Waals surface area (Å²) in [6.07, 6.45) is 0. The predicted octanol–water partition coefficient (Wildman–Crippen LogP) is 16.0. The van der Waals surface area contributed by atoms with Gasteiger partial charge < -0.3 is 9.32 Å². The molecule has 1 heterocycles. The van der Waals surface area contributed by atoms with E-state index in [0.717, 1.165) is 66.6 Å². The number of fused-ring (bicyclic) bond motifs is 6. The van der Waals surface area contributed by atoms with Crippen LogP contribution in [-0.4, -0.2) is 0 Å². The summed E-state index contributed by atoms with van der Waals surface area (Å²) in [4.78, 5) is 2.42. The SMILES string of the molecule is c1ccc(-c2ccc(N(c3ccc(-c4ccc5ccccc5c4)cc3)c3ccccc3-c3cccc4c3oc3c5ccccc5ccc43)c(-c3ccccc3)c2)cc1. The van der Waals surface area contributed by atoms with Crippen LogP contribution in [0.3, 0.4) is 0 Å². The van der Waals surface area contributed by atoms with Gasteiger partial charge in [0.1, 0.15) is 11.2 Å². The minimum absolute atomic E-state index is 0.885. The molecule has 1 aromatic heterocycles. The molecule has 0 N–H and O–H groups in total. The van der Waals surface area contributed by atoms with Gasteiger partial charge in [-0.3, -0.25) is 0 Å². The minimum atomic E-state index is 0.885. The monoisotopic (exact) mass is 739 g/mol. The van der Waals surface area contributed by atoms with Gasteiger partial charge in [-0.15, -0.1) is 0 Å². The van der Waals surface area contributed by atoms with Gasteiger partial charge in [-0.05, 0) is 86.4 Å². The minimum Gasteiger partial charge on any atom is -0.455 e. The van der Waals surface area contributed by atoms with E-state index in [-0.39, 0.29) is 0 Å². The van der Waals surface area contributed by atoms with E-state index in [1.54, 1.807) is 0 Å². The number of hydrogen-bond acceptors (Lipinski definition) is 2. The van der Waals surface area contributed by atoms with Crippen molar-refractivity contribution in [3.63, 3.8) is 0 Å². The van der Waals surface area contributed by atoms with Crippen LogP contribution < -0.4 is 4.90 Å². The zero-order valence-electron chi connectivity index (χ0n) is 31.7. The van der Waals surface area contributed by atoms with Gasteiger partial charge in [-0.25, -0.2) is 0 Å². The highest BCUT2D eigenvalue weighted by molar-refractivity contribution is 6.17. The maximum absolute atomic E-state index is 6.93. The van der Waals surface area contributed by atoms with Gasteiger partial charge in [0.25, 0.3) is 0 Å². The Morgan fingerprint density at radius 1 is 0.276 bits per heavy atom. The number of hydrogen-bond donors (Lipinski definition) is 0. The summed E-state index contributed by atoms with van der Waals surface area (Å²) in [7, 11) is 0. The average molecular weight is 740 g/mol. The van der Waals surface area contributed by atoms with Gasteiger partial charge >= 0.3 is 0 Å². The van der Waals surface area contributed by atoms with Gasteiger partial charge in [0.05, 0.1) is 11.4 Å². The first kappa shape index (κ1) is 33.6. The van der Waals surface area contributed by atoms with Crippen LogP contribution in [0.2, 0.25) is 0 Å². The molecule has 0 saturated carbocycles. The molecule has 2 heteroatoms. The Labute approximate surface area is 337 Å². The van der Waals surface area contributed by atoms with Crippen LogP contribution in [0, 0.1) is 0 Å². The number of para-hydroxylation sites is 2. The fraction of sp³-hybridized carbons (Fsp3) is 0. The first-order valence-corrected chi connectivity index (χ1v) is 19.8. The third-order valence-electron chi connectivity index (χ3n) is 11.5. The Kier molecular flexibility index (Phi) is 8.19. The summed E-state index contributed by atoms with van der Waals surface area (Å²) in [5, 5.41) is 6.99. The molecule has 0 aliphatic carbocycles. The fourth-order valence-electron chi connectivity index (χ4n) is 8.60. The molecular formula is C56H37NO. The molecular weight excluding hydrogens is 703 g/mol. The predicted molar refractivity (Wildman–Crippen MR) is 245 cm³/mol. The molecule has 58 heavy (non-hydrogen) atoms. The van der Waals surface area contributed by atoms with Crippen molar-refractivity contribution in [3.05, 3.63) is 224 Å². The second-order valence-corrected chi connectivity index (χ2v) is 14.9. The molecule has 0 spiro atoms. The lowest BCUT2D eigenvalue weighted by molar-refractivity contribution is 0.674. The Morgan fingerprint density at radius 3 is 1.66 bits per heavy atom. The first-order valence-electron chi connectivity index (χ1n) is 19.8. The van der Waals surface area contributed by atoms with Gasteiger partial charge in [-0.1, -0.05) is 182 Å². The highest BCUT2D eigenvalue weighted by atomic mass is 16.3. The molecule has 0 atom stereocenters. The molecule has 0 aliphatic heterocycles. The molecule has 0 saturated heterocycles. The zero-order valence-corrected chi connectivity index (χ0v) is 31.7. The van der Waals surface area contributed by atoms with E-state index in [0.29, 0.717) is 0 Å². The summed E-state index contributed by atoms with van der Waals surface area (Å²) in [5.74, 6) is 0. The fourth-order valence-corrected chi connectivity index (χ4v) is 8.60. The van der Waals surface area contributed by atoms with E-state index in [2.05, 4.69) is 229 Å². The summed E-state index contributed by atoms with van der Waals surface area (Å²) < 4.78 is 6.93. The van der Waals surface area contributed by atoms with Crippen LogP contribution in [0.5, 0.6) is 0 Å². The van der Waals surface area contributed by atoms with Crippen LogP contribution in [-0.2, 0) is 0 Å². The third-order valence-corrected chi connectivity index (χ3v) is 11.5. The zero-order chi connectivity index (χ0) is 38.4. The molecule has 0 amide bonds. The van der Waals surface area contributed by atoms with Gasteiger partial charge in [0.2, 0.25) is 0 Å². The van der Waals surface area contributed by atoms with E-state index in [1.165, 1.54) is 38.4 Å². The van der Waals surface area contributed by atoms with Crippen LogP contribution in [0.4, 0.5) is 17.1 Å². The summed E-state index contributed by atoms with van der Waals surface area (Å²) in [5.41, 5.74) is 14.1. The van der Waals surface area contributed by atoms with Crippen molar-refractivity contribution in [3.8, 4) is 44.5 Å². The lowest BCUT2D eigenvalue weighted by Crippen LogP contribution is -2.12. The van der Waals surface area contributed by atoms with E-state index < -0.39 is 0 Å². The third kappa shape index (κ3) is 5.82. The summed E-state index contributed by atoms with van der Waals surface area (Å²) in [6.45, 7) is 0. The highest BCUT2D eigenvalue weighted by Crippen LogP contribution is 2.48. The maximum atomic E-state index is 6.93. The molecule has 0 fully saturated rings. The molecule has 272 valence electrons. The quantitative estimate of drug-likeness (QED) is 0.162. The Bertz CT molecular complexity index is 3270. The van der Waals surface area contributed by atoms with Crippen molar-refractivity contribution in [2.45, 2.75) is 0 Å². The molecule has 0 bridgehead atoms. The van der Waals surface area contributed by atoms with Crippen LogP contribution in [0.25, 0.3) is 88.0 Å². The molecule has 2 nitrogen and oxygen atoms in total. The van der Waals surface area contributed by atoms with Crippen molar-refractivity contribution in [1.29, 1.82) is 0 Å². The van der Waals surface area contributed by atoms with Crippen LogP contribution in [0.1, 0.15) is 0 Å². The largest absolute Gasteiger partial charge is 0.455 e. The second-order valence-electron chi connectivity index (χ2n) is 14.9. The highest BCUT2D eigenvalue weighted by Gasteiger charge is 2.23. The Balaban J connectivity index is 1.14. The Hall–Kier alpha value is -7.68. The van der Waals surface area contributed by atoms with Crippen molar-refractivity contribution in [1.82, 2.24) is 0 Å². The maximum Gasteiger partial charge on any atom is 0.143 e. The van der Waals surface area contributed by atoms with Crippen LogP contribution >= 0.6 is 0 Å². The molecule has 10 aromatic carbocycles. The molecule has 11 rings (SSSR count). The number of nitrogens with zero attached hydrogens (tertiary/aromatic N) is 1. The van der Waals surface area contributed by atoms with E-state index in [4.69, 9.17) is 4.42 Å². The smallest absolute Gasteiger partial charge is 0.143 e. The first-order chi connectivity index (χ1) is 28.8. The molecule has 11 aromatic rings.